The summed E-state index contributed by atoms with van der Waals surface area (Å²) in [4.78, 5) is 1.44. The van der Waals surface area contributed by atoms with Crippen LogP contribution in [0.3, 0.4) is 0 Å². The fourth-order valence-corrected chi connectivity index (χ4v) is 3.53. The first-order valence-electron chi connectivity index (χ1n) is 7.22. The van der Waals surface area contributed by atoms with E-state index in [9.17, 15) is 0 Å². The van der Waals surface area contributed by atoms with E-state index in [0.717, 1.165) is 25.1 Å². The molecule has 2 nitrogen and oxygen atoms in total. The Morgan fingerprint density at radius 3 is 3.10 bits per heavy atom. The molecule has 2 aromatic rings. The lowest BCUT2D eigenvalue weighted by Crippen LogP contribution is -2.36. The molecule has 0 aliphatic carbocycles. The van der Waals surface area contributed by atoms with Crippen LogP contribution in [-0.2, 0) is 12.8 Å². The highest BCUT2D eigenvalue weighted by Gasteiger charge is 2.22. The maximum Gasteiger partial charge on any atom is 0.123 e. The van der Waals surface area contributed by atoms with E-state index in [1.165, 1.54) is 16.0 Å². The van der Waals surface area contributed by atoms with Gasteiger partial charge in [0, 0.05) is 23.9 Å². The molecule has 106 valence electrons. The first kappa shape index (κ1) is 13.7. The molecule has 1 N–H and O–H groups in total. The molecule has 0 radical (unpaired) electrons. The van der Waals surface area contributed by atoms with Gasteiger partial charge >= 0.3 is 0 Å². The summed E-state index contributed by atoms with van der Waals surface area (Å²) in [5.74, 6) is 1.06. The Balaban J connectivity index is 1.48. The molecule has 1 aliphatic rings. The van der Waals surface area contributed by atoms with Crippen molar-refractivity contribution < 1.29 is 4.74 Å². The second kappa shape index (κ2) is 5.98. The topological polar surface area (TPSA) is 21.3 Å². The summed E-state index contributed by atoms with van der Waals surface area (Å²) in [7, 11) is 0. The minimum absolute atomic E-state index is 0.276. The number of rotatable bonds is 5. The van der Waals surface area contributed by atoms with Crippen LogP contribution >= 0.6 is 11.3 Å². The number of ether oxygens (including phenoxy) is 1. The highest BCUT2D eigenvalue weighted by atomic mass is 32.1. The maximum absolute atomic E-state index is 5.99. The van der Waals surface area contributed by atoms with Crippen molar-refractivity contribution in [3.8, 4) is 5.75 Å². The largest absolute Gasteiger partial charge is 0.488 e. The zero-order valence-corrected chi connectivity index (χ0v) is 12.9. The molecule has 0 spiro atoms. The molecule has 0 fully saturated rings. The second-order valence-electron chi connectivity index (χ2n) is 5.65. The van der Waals surface area contributed by atoms with Crippen molar-refractivity contribution in [3.63, 3.8) is 0 Å². The van der Waals surface area contributed by atoms with Crippen molar-refractivity contribution in [2.45, 2.75) is 38.8 Å². The van der Waals surface area contributed by atoms with Gasteiger partial charge in [-0.2, -0.15) is 0 Å². The molecule has 20 heavy (non-hydrogen) atoms. The lowest BCUT2D eigenvalue weighted by atomic mass is 10.1. The average Bonchev–Trinajstić information content (AvgIpc) is 3.04. The van der Waals surface area contributed by atoms with Crippen molar-refractivity contribution in [2.24, 2.45) is 0 Å². The number of benzene rings is 1. The van der Waals surface area contributed by atoms with Crippen LogP contribution in [0.4, 0.5) is 0 Å². The van der Waals surface area contributed by atoms with Gasteiger partial charge in [0.05, 0.1) is 0 Å². The molecule has 3 rings (SSSR count). The molecule has 0 bridgehead atoms. The Kier molecular flexibility index (Phi) is 4.08. The van der Waals surface area contributed by atoms with Gasteiger partial charge in [-0.25, -0.2) is 0 Å². The smallest absolute Gasteiger partial charge is 0.123 e. The monoisotopic (exact) mass is 287 g/mol. The standard InChI is InChI=1S/C17H21NOS/c1-12-5-6-17-14(8-12)10-15(19-17)11-18-13(2)9-16-4-3-7-20-16/h3-8,13,15,18H,9-11H2,1-2H3. The van der Waals surface area contributed by atoms with E-state index >= 15 is 0 Å². The van der Waals surface area contributed by atoms with Gasteiger partial charge < -0.3 is 10.1 Å². The zero-order valence-electron chi connectivity index (χ0n) is 12.1. The molecule has 0 saturated heterocycles. The molecule has 2 heterocycles. The zero-order chi connectivity index (χ0) is 13.9. The van der Waals surface area contributed by atoms with Crippen molar-refractivity contribution in [3.05, 3.63) is 51.7 Å². The van der Waals surface area contributed by atoms with Crippen LogP contribution in [0.15, 0.2) is 35.7 Å². The van der Waals surface area contributed by atoms with Gasteiger partial charge in [0.1, 0.15) is 11.9 Å². The van der Waals surface area contributed by atoms with Gasteiger partial charge in [-0.05, 0) is 43.3 Å². The van der Waals surface area contributed by atoms with E-state index in [0.29, 0.717) is 6.04 Å². The molecule has 1 aromatic heterocycles. The number of nitrogens with one attached hydrogen (secondary N) is 1. The molecule has 0 amide bonds. The van der Waals surface area contributed by atoms with E-state index in [4.69, 9.17) is 4.74 Å². The lowest BCUT2D eigenvalue weighted by Gasteiger charge is -2.16. The molecule has 2 unspecified atom stereocenters. The third-order valence-corrected chi connectivity index (χ3v) is 4.64. The summed E-state index contributed by atoms with van der Waals surface area (Å²) in [6, 6.07) is 11.3. The fraction of sp³-hybridized carbons (Fsp3) is 0.412. The van der Waals surface area contributed by atoms with Gasteiger partial charge in [-0.3, -0.25) is 0 Å². The van der Waals surface area contributed by atoms with Gasteiger partial charge in [-0.1, -0.05) is 23.8 Å². The summed E-state index contributed by atoms with van der Waals surface area (Å²) >= 11 is 1.83. The number of hydrogen-bond acceptors (Lipinski definition) is 3. The van der Waals surface area contributed by atoms with Crippen molar-refractivity contribution in [1.82, 2.24) is 5.32 Å². The first-order valence-corrected chi connectivity index (χ1v) is 8.10. The Hall–Kier alpha value is -1.32. The Bertz CT molecular complexity index is 564. The molecule has 1 aliphatic heterocycles. The van der Waals surface area contributed by atoms with E-state index in [1.807, 2.05) is 11.3 Å². The molecule has 3 heteroatoms. The number of aryl methyl sites for hydroxylation is 1. The molecule has 2 atom stereocenters. The first-order chi connectivity index (χ1) is 9.70. The lowest BCUT2D eigenvalue weighted by molar-refractivity contribution is 0.222. The number of hydrogen-bond donors (Lipinski definition) is 1. The normalized spacial score (nSPS) is 18.6. The summed E-state index contributed by atoms with van der Waals surface area (Å²) in [5, 5.41) is 5.73. The highest BCUT2D eigenvalue weighted by Crippen LogP contribution is 2.29. The molecule has 1 aromatic carbocycles. The number of thiophene rings is 1. The highest BCUT2D eigenvalue weighted by molar-refractivity contribution is 7.09. The Morgan fingerprint density at radius 1 is 1.40 bits per heavy atom. The third-order valence-electron chi connectivity index (χ3n) is 3.74. The van der Waals surface area contributed by atoms with Crippen LogP contribution in [-0.4, -0.2) is 18.7 Å². The SMILES string of the molecule is Cc1ccc2c(c1)CC(CNC(C)Cc1cccs1)O2. The van der Waals surface area contributed by atoms with Gasteiger partial charge in [-0.15, -0.1) is 11.3 Å². The maximum atomic E-state index is 5.99. The average molecular weight is 287 g/mol. The molecular formula is C17H21NOS. The van der Waals surface area contributed by atoms with Gasteiger partial charge in [0.2, 0.25) is 0 Å². The van der Waals surface area contributed by atoms with Crippen LogP contribution < -0.4 is 10.1 Å². The summed E-state index contributed by atoms with van der Waals surface area (Å²) < 4.78 is 5.99. The predicted octanol–water partition coefficient (Wildman–Crippen LogP) is 3.58. The van der Waals surface area contributed by atoms with Crippen LogP contribution in [0.1, 0.15) is 22.9 Å². The Labute approximate surface area is 124 Å². The third kappa shape index (κ3) is 3.22. The minimum atomic E-state index is 0.276. The minimum Gasteiger partial charge on any atom is -0.488 e. The van der Waals surface area contributed by atoms with Crippen LogP contribution in [0.2, 0.25) is 0 Å². The summed E-state index contributed by atoms with van der Waals surface area (Å²) in [5.41, 5.74) is 2.66. The van der Waals surface area contributed by atoms with Crippen molar-refractivity contribution in [2.75, 3.05) is 6.54 Å². The van der Waals surface area contributed by atoms with Crippen molar-refractivity contribution >= 4 is 11.3 Å². The summed E-state index contributed by atoms with van der Waals surface area (Å²) in [6.07, 6.45) is 2.39. The number of fused-ring (bicyclic) bond motifs is 1. The van der Waals surface area contributed by atoms with Crippen LogP contribution in [0, 0.1) is 6.92 Å². The fourth-order valence-electron chi connectivity index (χ4n) is 2.70. The van der Waals surface area contributed by atoms with Crippen molar-refractivity contribution in [1.29, 1.82) is 0 Å². The van der Waals surface area contributed by atoms with Crippen LogP contribution in [0.5, 0.6) is 5.75 Å². The van der Waals surface area contributed by atoms with Crippen LogP contribution in [0.25, 0.3) is 0 Å². The van der Waals surface area contributed by atoms with Gasteiger partial charge in [0.25, 0.3) is 0 Å². The van der Waals surface area contributed by atoms with E-state index < -0.39 is 0 Å². The molecule has 0 saturated carbocycles. The van der Waals surface area contributed by atoms with E-state index in [2.05, 4.69) is 54.9 Å². The quantitative estimate of drug-likeness (QED) is 0.907. The summed E-state index contributed by atoms with van der Waals surface area (Å²) in [6.45, 7) is 5.29. The van der Waals surface area contributed by atoms with Gasteiger partial charge in [0.15, 0.2) is 0 Å². The van der Waals surface area contributed by atoms with E-state index in [-0.39, 0.29) is 6.10 Å². The predicted molar refractivity (Wildman–Crippen MR) is 84.8 cm³/mol. The molecular weight excluding hydrogens is 266 g/mol. The Morgan fingerprint density at radius 2 is 2.30 bits per heavy atom. The second-order valence-corrected chi connectivity index (χ2v) is 6.68. The van der Waals surface area contributed by atoms with E-state index in [1.54, 1.807) is 0 Å².